The van der Waals surface area contributed by atoms with Gasteiger partial charge < -0.3 is 0 Å². The zero-order chi connectivity index (χ0) is 8.27. The highest BCUT2D eigenvalue weighted by molar-refractivity contribution is 5.25. The Morgan fingerprint density at radius 3 is 2.42 bits per heavy atom. The van der Waals surface area contributed by atoms with Crippen molar-refractivity contribution >= 4 is 0 Å². The molecule has 0 fully saturated rings. The van der Waals surface area contributed by atoms with Crippen molar-refractivity contribution in [1.82, 2.24) is 0 Å². The van der Waals surface area contributed by atoms with Gasteiger partial charge in [-0.05, 0) is 23.5 Å². The van der Waals surface area contributed by atoms with Crippen LogP contribution in [-0.4, -0.2) is 0 Å². The van der Waals surface area contributed by atoms with Crippen molar-refractivity contribution in [2.75, 3.05) is 0 Å². The predicted molar refractivity (Wildman–Crippen MR) is 56.6 cm³/mol. The number of hydrogen-bond donors (Lipinski definition) is 0. The van der Waals surface area contributed by atoms with E-state index in [1.54, 1.807) is 0 Å². The van der Waals surface area contributed by atoms with E-state index in [0.717, 1.165) is 6.42 Å². The lowest BCUT2D eigenvalue weighted by Crippen LogP contribution is -1.88. The SMILES string of the molecule is C.CCc1cccc(C(C)C)c1. The summed E-state index contributed by atoms with van der Waals surface area (Å²) >= 11 is 0. The van der Waals surface area contributed by atoms with Crippen LogP contribution in [0.4, 0.5) is 0 Å². The van der Waals surface area contributed by atoms with Gasteiger partial charge in [-0.15, -0.1) is 0 Å². The molecule has 0 aliphatic heterocycles. The van der Waals surface area contributed by atoms with Crippen molar-refractivity contribution in [2.24, 2.45) is 0 Å². The van der Waals surface area contributed by atoms with Crippen LogP contribution in [-0.2, 0) is 6.42 Å². The highest BCUT2D eigenvalue weighted by atomic mass is 14.0. The third-order valence-corrected chi connectivity index (χ3v) is 2.03. The van der Waals surface area contributed by atoms with Gasteiger partial charge in [0.2, 0.25) is 0 Å². The molecule has 0 unspecified atom stereocenters. The Labute approximate surface area is 76.6 Å². The molecule has 1 aromatic rings. The second-order valence-electron chi connectivity index (χ2n) is 3.25. The predicted octanol–water partition coefficient (Wildman–Crippen LogP) is 4.01. The van der Waals surface area contributed by atoms with Gasteiger partial charge in [-0.3, -0.25) is 0 Å². The molecule has 0 radical (unpaired) electrons. The van der Waals surface area contributed by atoms with Gasteiger partial charge in [-0.2, -0.15) is 0 Å². The van der Waals surface area contributed by atoms with E-state index in [2.05, 4.69) is 45.0 Å². The van der Waals surface area contributed by atoms with Gasteiger partial charge in [0.15, 0.2) is 0 Å². The third-order valence-electron chi connectivity index (χ3n) is 2.03. The van der Waals surface area contributed by atoms with Gasteiger partial charge in [0.25, 0.3) is 0 Å². The molecule has 0 N–H and O–H groups in total. The number of rotatable bonds is 2. The molecule has 0 aromatic heterocycles. The van der Waals surface area contributed by atoms with Crippen LogP contribution in [0.15, 0.2) is 24.3 Å². The van der Waals surface area contributed by atoms with Crippen molar-refractivity contribution in [3.05, 3.63) is 35.4 Å². The van der Waals surface area contributed by atoms with E-state index in [9.17, 15) is 0 Å². The summed E-state index contributed by atoms with van der Waals surface area (Å²) in [7, 11) is 0. The minimum absolute atomic E-state index is 0. The fraction of sp³-hybridized carbons (Fsp3) is 0.500. The van der Waals surface area contributed by atoms with Crippen LogP contribution in [0.1, 0.15) is 45.2 Å². The molecular weight excluding hydrogens is 144 g/mol. The van der Waals surface area contributed by atoms with E-state index in [-0.39, 0.29) is 7.43 Å². The number of aryl methyl sites for hydroxylation is 1. The average molecular weight is 164 g/mol. The number of hydrogen-bond acceptors (Lipinski definition) is 0. The van der Waals surface area contributed by atoms with E-state index in [0.29, 0.717) is 5.92 Å². The van der Waals surface area contributed by atoms with Gasteiger partial charge in [0.05, 0.1) is 0 Å². The van der Waals surface area contributed by atoms with Crippen molar-refractivity contribution in [2.45, 2.75) is 40.5 Å². The number of benzene rings is 1. The summed E-state index contributed by atoms with van der Waals surface area (Å²) in [6, 6.07) is 8.83. The molecule has 0 amide bonds. The summed E-state index contributed by atoms with van der Waals surface area (Å²) in [4.78, 5) is 0. The molecule has 0 aliphatic carbocycles. The van der Waals surface area contributed by atoms with E-state index in [1.807, 2.05) is 0 Å². The van der Waals surface area contributed by atoms with Crippen LogP contribution in [0.25, 0.3) is 0 Å². The zero-order valence-electron chi connectivity index (χ0n) is 7.59. The quantitative estimate of drug-likeness (QED) is 0.619. The lowest BCUT2D eigenvalue weighted by atomic mass is 10.0. The first-order valence-electron chi connectivity index (χ1n) is 4.33. The molecule has 0 atom stereocenters. The lowest BCUT2D eigenvalue weighted by molar-refractivity contribution is 0.862. The van der Waals surface area contributed by atoms with Crippen LogP contribution < -0.4 is 0 Å². The van der Waals surface area contributed by atoms with Gasteiger partial charge in [0, 0.05) is 0 Å². The maximum absolute atomic E-state index is 2.30. The molecule has 0 saturated heterocycles. The molecule has 12 heavy (non-hydrogen) atoms. The Balaban J connectivity index is 0.00000121. The van der Waals surface area contributed by atoms with Crippen molar-refractivity contribution in [1.29, 1.82) is 0 Å². The van der Waals surface area contributed by atoms with Gasteiger partial charge >= 0.3 is 0 Å². The largest absolute Gasteiger partial charge is 0.0776 e. The topological polar surface area (TPSA) is 0 Å². The Morgan fingerprint density at radius 2 is 1.92 bits per heavy atom. The van der Waals surface area contributed by atoms with E-state index >= 15 is 0 Å². The molecule has 0 nitrogen and oxygen atoms in total. The normalized spacial score (nSPS) is 9.67. The molecule has 1 aromatic carbocycles. The van der Waals surface area contributed by atoms with Crippen LogP contribution in [0, 0.1) is 0 Å². The summed E-state index contributed by atoms with van der Waals surface area (Å²) in [6.45, 7) is 6.66. The fourth-order valence-electron chi connectivity index (χ4n) is 1.17. The maximum Gasteiger partial charge on any atom is -0.0219 e. The Kier molecular flexibility index (Phi) is 4.65. The van der Waals surface area contributed by atoms with Crippen LogP contribution in [0.2, 0.25) is 0 Å². The summed E-state index contributed by atoms with van der Waals surface area (Å²) in [6.07, 6.45) is 1.14. The Morgan fingerprint density at radius 1 is 1.25 bits per heavy atom. The first-order valence-corrected chi connectivity index (χ1v) is 4.33. The van der Waals surface area contributed by atoms with Gasteiger partial charge in [-0.25, -0.2) is 0 Å². The smallest absolute Gasteiger partial charge is 0.0219 e. The van der Waals surface area contributed by atoms with E-state index in [4.69, 9.17) is 0 Å². The maximum atomic E-state index is 2.30. The molecule has 0 heteroatoms. The molecule has 0 spiro atoms. The first-order chi connectivity index (χ1) is 5.24. The molecule has 68 valence electrons. The molecule has 0 heterocycles. The monoisotopic (exact) mass is 164 g/mol. The second kappa shape index (κ2) is 4.97. The second-order valence-corrected chi connectivity index (χ2v) is 3.25. The summed E-state index contributed by atoms with van der Waals surface area (Å²) in [5, 5.41) is 0. The summed E-state index contributed by atoms with van der Waals surface area (Å²) < 4.78 is 0. The van der Waals surface area contributed by atoms with Crippen LogP contribution in [0.3, 0.4) is 0 Å². The summed E-state index contributed by atoms with van der Waals surface area (Å²) in [5.41, 5.74) is 2.89. The van der Waals surface area contributed by atoms with Crippen molar-refractivity contribution in [3.63, 3.8) is 0 Å². The summed E-state index contributed by atoms with van der Waals surface area (Å²) in [5.74, 6) is 0.654. The third kappa shape index (κ3) is 2.69. The van der Waals surface area contributed by atoms with Crippen LogP contribution in [0.5, 0.6) is 0 Å². The fourth-order valence-corrected chi connectivity index (χ4v) is 1.17. The molecule has 0 bridgehead atoms. The molecule has 0 aliphatic rings. The minimum atomic E-state index is 0. The highest BCUT2D eigenvalue weighted by Crippen LogP contribution is 2.15. The molecule has 0 saturated carbocycles. The minimum Gasteiger partial charge on any atom is -0.0776 e. The van der Waals surface area contributed by atoms with Crippen molar-refractivity contribution < 1.29 is 0 Å². The Bertz CT molecular complexity index is 223. The Hall–Kier alpha value is -0.780. The van der Waals surface area contributed by atoms with E-state index in [1.165, 1.54) is 11.1 Å². The molecule has 1 rings (SSSR count). The van der Waals surface area contributed by atoms with Gasteiger partial charge in [-0.1, -0.05) is 52.5 Å². The zero-order valence-corrected chi connectivity index (χ0v) is 7.59. The highest BCUT2D eigenvalue weighted by Gasteiger charge is 1.97. The van der Waals surface area contributed by atoms with Crippen LogP contribution >= 0.6 is 0 Å². The molecular formula is C12H20. The lowest BCUT2D eigenvalue weighted by Gasteiger charge is -2.05. The standard InChI is InChI=1S/C11H16.CH4/c1-4-10-6-5-7-11(8-10)9(2)3;/h5-9H,4H2,1-3H3;1H4. The van der Waals surface area contributed by atoms with Gasteiger partial charge in [0.1, 0.15) is 0 Å². The van der Waals surface area contributed by atoms with Crippen molar-refractivity contribution in [3.8, 4) is 0 Å². The van der Waals surface area contributed by atoms with E-state index < -0.39 is 0 Å². The average Bonchev–Trinajstić information content (AvgIpc) is 2.05. The first kappa shape index (κ1) is 11.2.